The zero-order valence-corrected chi connectivity index (χ0v) is 19.5. The number of aromatic nitrogens is 1. The number of aliphatic carboxylic acids is 1. The van der Waals surface area contributed by atoms with Crippen LogP contribution in [0.15, 0.2) is 56.1 Å². The topological polar surface area (TPSA) is 211 Å². The van der Waals surface area contributed by atoms with Crippen molar-refractivity contribution in [2.75, 3.05) is 25.1 Å². The van der Waals surface area contributed by atoms with Gasteiger partial charge in [0.15, 0.2) is 5.71 Å². The van der Waals surface area contributed by atoms with E-state index in [2.05, 4.69) is 20.6 Å². The number of amidine groups is 1. The largest absolute Gasteiger partial charge is 0.477 e. The van der Waals surface area contributed by atoms with E-state index in [0.29, 0.717) is 17.0 Å². The summed E-state index contributed by atoms with van der Waals surface area (Å²) >= 11 is 1.32. The highest BCUT2D eigenvalue weighted by molar-refractivity contribution is 8.00. The molecule has 1 saturated heterocycles. The molecule has 0 radical (unpaired) electrons. The summed E-state index contributed by atoms with van der Waals surface area (Å²) in [5.41, 5.74) is 11.9. The van der Waals surface area contributed by atoms with Crippen LogP contribution in [0.5, 0.6) is 0 Å². The number of carbonyl (C=O) groups excluding carboxylic acids is 2. The van der Waals surface area contributed by atoms with Gasteiger partial charge < -0.3 is 40.9 Å². The van der Waals surface area contributed by atoms with Gasteiger partial charge in [-0.25, -0.2) is 4.79 Å². The molecule has 0 bridgehead atoms. The van der Waals surface area contributed by atoms with Crippen LogP contribution in [0.4, 0.5) is 5.88 Å². The van der Waals surface area contributed by atoms with Crippen LogP contribution in [0.2, 0.25) is 0 Å². The number of thioether (sulfide) groups is 1. The number of ether oxygens (including phenoxy) is 1. The van der Waals surface area contributed by atoms with Gasteiger partial charge in [-0.3, -0.25) is 14.5 Å². The fourth-order valence-electron chi connectivity index (χ4n) is 4.14. The van der Waals surface area contributed by atoms with Gasteiger partial charge in [-0.15, -0.1) is 11.8 Å². The second kappa shape index (κ2) is 8.95. The molecule has 1 aromatic rings. The van der Waals surface area contributed by atoms with Crippen LogP contribution in [0.1, 0.15) is 5.69 Å². The molecule has 0 aromatic carbocycles. The van der Waals surface area contributed by atoms with E-state index in [1.54, 1.807) is 23.3 Å². The molecule has 5 rings (SSSR count). The number of anilines is 1. The molecule has 6 N–H and O–H groups in total. The molecule has 5 heterocycles. The number of nitrogen functional groups attached to an aromatic ring is 1. The monoisotopic (exact) mass is 516 g/mol. The number of hydrogen-bond donors (Lipinski definition) is 4. The van der Waals surface area contributed by atoms with Crippen molar-refractivity contribution in [2.45, 2.75) is 17.6 Å². The van der Waals surface area contributed by atoms with Crippen molar-refractivity contribution < 1.29 is 33.6 Å². The van der Waals surface area contributed by atoms with E-state index in [-0.39, 0.29) is 35.6 Å². The number of carboxylic acid groups (broad SMARTS) is 1. The van der Waals surface area contributed by atoms with Crippen molar-refractivity contribution in [3.63, 3.8) is 0 Å². The minimum absolute atomic E-state index is 0.0157. The first-order valence-corrected chi connectivity index (χ1v) is 11.5. The minimum Gasteiger partial charge on any atom is -0.477 e. The van der Waals surface area contributed by atoms with Crippen LogP contribution in [-0.2, 0) is 24.0 Å². The van der Waals surface area contributed by atoms with E-state index in [0.717, 1.165) is 0 Å². The van der Waals surface area contributed by atoms with E-state index < -0.39 is 35.4 Å². The lowest BCUT2D eigenvalue weighted by Gasteiger charge is -2.49. The zero-order valence-electron chi connectivity index (χ0n) is 18.7. The third-order valence-corrected chi connectivity index (χ3v) is 6.99. The van der Waals surface area contributed by atoms with Crippen LogP contribution in [0.25, 0.3) is 0 Å². The van der Waals surface area contributed by atoms with E-state index in [4.69, 9.17) is 25.6 Å². The molecule has 16 heteroatoms. The summed E-state index contributed by atoms with van der Waals surface area (Å²) in [5.74, 6) is -2.33. The average Bonchev–Trinajstić information content (AvgIpc) is 3.45. The minimum atomic E-state index is -1.26. The standard InChI is InChI=1S/C20H20N8O7S/c1-33-26-12(10-5-11(21)35-25-10)15(29)24-13-16(30)28-14(19(31)32)8(7-36-18(13)28)6-27-4-2-3-9-17(27)34-20(22)23-9/h2-5,13,17-18H,6-7,21H2,1H3,(H2,22,23)(H,24,29)(H,31,32)/b26-12-/t13?,17?,18-/m1/s1. The van der Waals surface area contributed by atoms with E-state index >= 15 is 0 Å². The maximum Gasteiger partial charge on any atom is 0.352 e. The van der Waals surface area contributed by atoms with E-state index in [1.807, 2.05) is 0 Å². The molecule has 36 heavy (non-hydrogen) atoms. The summed E-state index contributed by atoms with van der Waals surface area (Å²) in [7, 11) is 1.24. The predicted molar refractivity (Wildman–Crippen MR) is 125 cm³/mol. The normalized spacial score (nSPS) is 24.9. The molecule has 4 aliphatic rings. The number of aliphatic imine (C=N–C) groups is 1. The Labute approximate surface area is 207 Å². The number of hydrogen-bond acceptors (Lipinski definition) is 13. The van der Waals surface area contributed by atoms with Crippen LogP contribution in [-0.4, -0.2) is 86.6 Å². The lowest BCUT2D eigenvalue weighted by Crippen LogP contribution is -2.71. The maximum atomic E-state index is 13.0. The fraction of sp³-hybridized carbons (Fsp3) is 0.300. The molecule has 0 saturated carbocycles. The Morgan fingerprint density at radius 2 is 2.22 bits per heavy atom. The Hall–Kier alpha value is -4.47. The first kappa shape index (κ1) is 23.3. The van der Waals surface area contributed by atoms with Crippen molar-refractivity contribution in [1.82, 2.24) is 20.3 Å². The number of oxime groups is 1. The van der Waals surface area contributed by atoms with Crippen molar-refractivity contribution in [3.8, 4) is 0 Å². The third kappa shape index (κ3) is 3.90. The fourth-order valence-corrected chi connectivity index (χ4v) is 5.47. The van der Waals surface area contributed by atoms with Gasteiger partial charge in [0.1, 0.15) is 35.6 Å². The Morgan fingerprint density at radius 3 is 2.92 bits per heavy atom. The average molecular weight is 516 g/mol. The smallest absolute Gasteiger partial charge is 0.352 e. The highest BCUT2D eigenvalue weighted by Gasteiger charge is 2.54. The molecular weight excluding hydrogens is 496 g/mol. The Morgan fingerprint density at radius 1 is 1.42 bits per heavy atom. The van der Waals surface area contributed by atoms with E-state index in [1.165, 1.54) is 29.8 Å². The molecule has 3 atom stereocenters. The van der Waals surface area contributed by atoms with Crippen molar-refractivity contribution in [2.24, 2.45) is 15.9 Å². The molecule has 188 valence electrons. The summed E-state index contributed by atoms with van der Waals surface area (Å²) < 4.78 is 10.3. The van der Waals surface area contributed by atoms with Crippen molar-refractivity contribution >= 4 is 47.2 Å². The molecule has 15 nitrogen and oxygen atoms in total. The van der Waals surface area contributed by atoms with Crippen LogP contribution in [0, 0.1) is 0 Å². The van der Waals surface area contributed by atoms with Gasteiger partial charge in [0, 0.05) is 24.6 Å². The molecule has 0 spiro atoms. The van der Waals surface area contributed by atoms with Gasteiger partial charge >= 0.3 is 5.97 Å². The van der Waals surface area contributed by atoms with Crippen molar-refractivity contribution in [3.05, 3.63) is 47.1 Å². The number of rotatable bonds is 7. The van der Waals surface area contributed by atoms with Crippen LogP contribution in [0.3, 0.4) is 0 Å². The van der Waals surface area contributed by atoms with Gasteiger partial charge in [0.05, 0.1) is 0 Å². The maximum absolute atomic E-state index is 13.0. The lowest BCUT2D eigenvalue weighted by atomic mass is 10.0. The number of amides is 2. The van der Waals surface area contributed by atoms with Crippen LogP contribution < -0.4 is 16.8 Å². The summed E-state index contributed by atoms with van der Waals surface area (Å²) in [4.78, 5) is 49.8. The number of nitrogens with two attached hydrogens (primary N) is 2. The number of carboxylic acids is 1. The third-order valence-electron chi connectivity index (χ3n) is 5.65. The molecule has 0 aliphatic carbocycles. The number of fused-ring (bicyclic) bond motifs is 2. The summed E-state index contributed by atoms with van der Waals surface area (Å²) in [6, 6.07) is 0.314. The second-order valence-electron chi connectivity index (χ2n) is 7.88. The molecular formula is C20H20N8O7S. The number of nitrogens with zero attached hydrogens (tertiary/aromatic N) is 5. The molecule has 2 amide bonds. The van der Waals surface area contributed by atoms with Gasteiger partial charge in [-0.2, -0.15) is 4.99 Å². The van der Waals surface area contributed by atoms with Gasteiger partial charge in [0.25, 0.3) is 17.8 Å². The van der Waals surface area contributed by atoms with Gasteiger partial charge in [-0.05, 0) is 17.7 Å². The summed E-state index contributed by atoms with van der Waals surface area (Å²) in [5, 5.41) is 19.2. The molecule has 4 aliphatic heterocycles. The number of nitrogens with one attached hydrogen (secondary N) is 1. The van der Waals surface area contributed by atoms with Gasteiger partial charge in [0.2, 0.25) is 12.1 Å². The Balaban J connectivity index is 1.33. The Bertz CT molecular complexity index is 1300. The molecule has 2 unspecified atom stereocenters. The first-order valence-electron chi connectivity index (χ1n) is 10.5. The first-order chi connectivity index (χ1) is 17.3. The van der Waals surface area contributed by atoms with Crippen LogP contribution >= 0.6 is 11.8 Å². The zero-order chi connectivity index (χ0) is 25.6. The quantitative estimate of drug-likeness (QED) is 0.190. The summed E-state index contributed by atoms with van der Waals surface area (Å²) in [6.07, 6.45) is 4.65. The predicted octanol–water partition coefficient (Wildman–Crippen LogP) is -1.27. The SMILES string of the molecule is CO/N=C(\C(=O)NC1C(=O)N2C(C(=O)O)=C(CN3C=CC=C4N=C(N)OC43)CS[C@H]12)c1cc(N)on1. The highest BCUT2D eigenvalue weighted by atomic mass is 32.2. The summed E-state index contributed by atoms with van der Waals surface area (Å²) in [6.45, 7) is 0.168. The Kier molecular flexibility index (Phi) is 5.79. The second-order valence-corrected chi connectivity index (χ2v) is 8.99. The lowest BCUT2D eigenvalue weighted by molar-refractivity contribution is -0.150. The number of β-lactam (4-membered cyclic amide) rings is 1. The van der Waals surface area contributed by atoms with Gasteiger partial charge in [-0.1, -0.05) is 10.3 Å². The molecule has 1 aromatic heterocycles. The molecule has 1 fully saturated rings. The number of carbonyl (C=O) groups is 3. The highest BCUT2D eigenvalue weighted by Crippen LogP contribution is 2.41. The van der Waals surface area contributed by atoms with Crippen molar-refractivity contribution in [1.29, 1.82) is 0 Å². The number of allylic oxidation sites excluding steroid dienone is 2. The van der Waals surface area contributed by atoms with E-state index in [9.17, 15) is 19.5 Å².